The van der Waals surface area contributed by atoms with Crippen LogP contribution in [-0.4, -0.2) is 55.5 Å². The first kappa shape index (κ1) is 18.9. The molecule has 1 fully saturated rings. The average Bonchev–Trinajstić information content (AvgIpc) is 2.60. The summed E-state index contributed by atoms with van der Waals surface area (Å²) in [6.07, 6.45) is 1.86. The number of carbonyl (C=O) groups excluding carboxylic acids is 3. The highest BCUT2D eigenvalue weighted by Gasteiger charge is 2.23. The van der Waals surface area contributed by atoms with Crippen LogP contribution >= 0.6 is 0 Å². The molecule has 0 bridgehead atoms. The van der Waals surface area contributed by atoms with E-state index in [1.807, 2.05) is 4.90 Å². The Morgan fingerprint density at radius 2 is 1.96 bits per heavy atom. The van der Waals surface area contributed by atoms with Gasteiger partial charge in [-0.25, -0.2) is 0 Å². The smallest absolute Gasteiger partial charge is 0.251 e. The largest absolute Gasteiger partial charge is 0.384 e. The predicted molar refractivity (Wildman–Crippen MR) is 94.3 cm³/mol. The fourth-order valence-corrected chi connectivity index (χ4v) is 2.83. The number of nitrogens with zero attached hydrogens (tertiary/aromatic N) is 1. The molecule has 7 heteroatoms. The zero-order valence-electron chi connectivity index (χ0n) is 14.7. The molecule has 0 spiro atoms. The number of likely N-dealkylation sites (tertiary alicyclic amines) is 1. The number of amides is 3. The van der Waals surface area contributed by atoms with Gasteiger partial charge in [-0.05, 0) is 31.0 Å². The maximum atomic E-state index is 12.4. The maximum absolute atomic E-state index is 12.4. The van der Waals surface area contributed by atoms with E-state index in [0.29, 0.717) is 37.4 Å². The highest BCUT2D eigenvalue weighted by atomic mass is 16.5. The summed E-state index contributed by atoms with van der Waals surface area (Å²) in [5.41, 5.74) is 1.10. The second-order valence-electron chi connectivity index (χ2n) is 6.13. The first-order valence-electron chi connectivity index (χ1n) is 8.45. The average molecular weight is 347 g/mol. The van der Waals surface area contributed by atoms with Gasteiger partial charge in [0.1, 0.15) is 0 Å². The third-order valence-electron chi connectivity index (χ3n) is 4.15. The number of rotatable bonds is 6. The summed E-state index contributed by atoms with van der Waals surface area (Å²) in [5.74, 6) is -0.255. The van der Waals surface area contributed by atoms with Crippen molar-refractivity contribution < 1.29 is 19.1 Å². The van der Waals surface area contributed by atoms with Gasteiger partial charge in [0, 0.05) is 44.4 Å². The Kier molecular flexibility index (Phi) is 6.94. The lowest BCUT2D eigenvalue weighted by atomic mass is 10.0. The standard InChI is InChI=1S/C18H25N3O4/c1-13(22)19-16-5-3-4-14(12-16)18(24)20-15-6-9-21(10-7-15)17(23)8-11-25-2/h3-5,12,15H,6-11H2,1-2H3,(H,19,22)(H,20,24). The minimum absolute atomic E-state index is 0.0448. The summed E-state index contributed by atoms with van der Waals surface area (Å²) >= 11 is 0. The minimum atomic E-state index is -0.178. The third-order valence-corrected chi connectivity index (χ3v) is 4.15. The van der Waals surface area contributed by atoms with Crippen LogP contribution in [0.25, 0.3) is 0 Å². The Morgan fingerprint density at radius 3 is 2.60 bits per heavy atom. The lowest BCUT2D eigenvalue weighted by Gasteiger charge is -2.32. The number of methoxy groups -OCH3 is 1. The lowest BCUT2D eigenvalue weighted by molar-refractivity contribution is -0.133. The van der Waals surface area contributed by atoms with E-state index in [9.17, 15) is 14.4 Å². The van der Waals surface area contributed by atoms with Gasteiger partial charge in [0.2, 0.25) is 11.8 Å². The van der Waals surface area contributed by atoms with E-state index in [1.54, 1.807) is 31.4 Å². The number of nitrogens with one attached hydrogen (secondary N) is 2. The zero-order valence-corrected chi connectivity index (χ0v) is 14.7. The van der Waals surface area contributed by atoms with Crippen LogP contribution in [0.1, 0.15) is 36.5 Å². The lowest BCUT2D eigenvalue weighted by Crippen LogP contribution is -2.46. The Morgan fingerprint density at radius 1 is 1.24 bits per heavy atom. The van der Waals surface area contributed by atoms with Crippen molar-refractivity contribution in [2.24, 2.45) is 0 Å². The third kappa shape index (κ3) is 5.86. The molecule has 0 aliphatic carbocycles. The van der Waals surface area contributed by atoms with E-state index >= 15 is 0 Å². The first-order chi connectivity index (χ1) is 12.0. The molecule has 3 amide bonds. The molecule has 0 radical (unpaired) electrons. The van der Waals surface area contributed by atoms with Gasteiger partial charge in [-0.3, -0.25) is 14.4 Å². The number of anilines is 1. The molecule has 1 saturated heterocycles. The quantitative estimate of drug-likeness (QED) is 0.814. The normalized spacial score (nSPS) is 14.9. The molecule has 0 atom stereocenters. The van der Waals surface area contributed by atoms with Crippen molar-refractivity contribution in [1.29, 1.82) is 0 Å². The van der Waals surface area contributed by atoms with Gasteiger partial charge < -0.3 is 20.3 Å². The summed E-state index contributed by atoms with van der Waals surface area (Å²) in [4.78, 5) is 37.3. The van der Waals surface area contributed by atoms with Crippen molar-refractivity contribution in [2.75, 3.05) is 32.1 Å². The molecule has 1 aromatic carbocycles. The van der Waals surface area contributed by atoms with Crippen LogP contribution in [0, 0.1) is 0 Å². The molecule has 2 N–H and O–H groups in total. The molecule has 2 rings (SSSR count). The molecule has 7 nitrogen and oxygen atoms in total. The second kappa shape index (κ2) is 9.17. The Balaban J connectivity index is 1.84. The molecule has 136 valence electrons. The van der Waals surface area contributed by atoms with E-state index in [2.05, 4.69) is 10.6 Å². The van der Waals surface area contributed by atoms with Gasteiger partial charge in [0.05, 0.1) is 13.0 Å². The van der Waals surface area contributed by atoms with Crippen LogP contribution in [0.4, 0.5) is 5.69 Å². The number of carbonyl (C=O) groups is 3. The van der Waals surface area contributed by atoms with Gasteiger partial charge in [0.15, 0.2) is 0 Å². The summed E-state index contributed by atoms with van der Waals surface area (Å²) in [6.45, 7) is 3.13. The highest BCUT2D eigenvalue weighted by Crippen LogP contribution is 2.14. The van der Waals surface area contributed by atoms with Crippen molar-refractivity contribution >= 4 is 23.4 Å². The number of hydrogen-bond acceptors (Lipinski definition) is 4. The molecular formula is C18H25N3O4. The van der Waals surface area contributed by atoms with Gasteiger partial charge in [0.25, 0.3) is 5.91 Å². The predicted octanol–water partition coefficient (Wildman–Crippen LogP) is 1.40. The molecule has 1 heterocycles. The van der Waals surface area contributed by atoms with Crippen LogP contribution in [0.15, 0.2) is 24.3 Å². The van der Waals surface area contributed by atoms with E-state index in [1.165, 1.54) is 6.92 Å². The highest BCUT2D eigenvalue weighted by molar-refractivity contribution is 5.96. The second-order valence-corrected chi connectivity index (χ2v) is 6.13. The van der Waals surface area contributed by atoms with Crippen molar-refractivity contribution in [2.45, 2.75) is 32.2 Å². The van der Waals surface area contributed by atoms with E-state index < -0.39 is 0 Å². The Labute approximate surface area is 147 Å². The van der Waals surface area contributed by atoms with Crippen LogP contribution < -0.4 is 10.6 Å². The Hall–Kier alpha value is -2.41. The molecule has 25 heavy (non-hydrogen) atoms. The van der Waals surface area contributed by atoms with Gasteiger partial charge in [-0.1, -0.05) is 6.07 Å². The van der Waals surface area contributed by atoms with Gasteiger partial charge >= 0.3 is 0 Å². The minimum Gasteiger partial charge on any atom is -0.384 e. The van der Waals surface area contributed by atoms with Crippen LogP contribution in [0.3, 0.4) is 0 Å². The SMILES string of the molecule is COCCC(=O)N1CCC(NC(=O)c2cccc(NC(C)=O)c2)CC1. The molecule has 0 unspecified atom stereocenters. The fourth-order valence-electron chi connectivity index (χ4n) is 2.83. The monoisotopic (exact) mass is 347 g/mol. The number of hydrogen-bond donors (Lipinski definition) is 2. The molecular weight excluding hydrogens is 322 g/mol. The number of piperidine rings is 1. The number of benzene rings is 1. The maximum Gasteiger partial charge on any atom is 0.251 e. The summed E-state index contributed by atoms with van der Waals surface area (Å²) in [6, 6.07) is 6.88. The van der Waals surface area contributed by atoms with Crippen molar-refractivity contribution in [1.82, 2.24) is 10.2 Å². The molecule has 1 aliphatic rings. The van der Waals surface area contributed by atoms with Crippen molar-refractivity contribution in [3.05, 3.63) is 29.8 Å². The van der Waals surface area contributed by atoms with Gasteiger partial charge in [-0.15, -0.1) is 0 Å². The first-order valence-corrected chi connectivity index (χ1v) is 8.45. The van der Waals surface area contributed by atoms with E-state index in [4.69, 9.17) is 4.74 Å². The summed E-state index contributed by atoms with van der Waals surface area (Å²) < 4.78 is 4.93. The topological polar surface area (TPSA) is 87.7 Å². The van der Waals surface area contributed by atoms with E-state index in [0.717, 1.165) is 12.8 Å². The fraction of sp³-hybridized carbons (Fsp3) is 0.500. The van der Waals surface area contributed by atoms with Crippen LogP contribution in [0.2, 0.25) is 0 Å². The van der Waals surface area contributed by atoms with Crippen molar-refractivity contribution in [3.63, 3.8) is 0 Å². The molecule has 0 saturated carbocycles. The summed E-state index contributed by atoms with van der Waals surface area (Å²) in [5, 5.41) is 5.67. The molecule has 1 aromatic rings. The summed E-state index contributed by atoms with van der Waals surface area (Å²) in [7, 11) is 1.58. The van der Waals surface area contributed by atoms with E-state index in [-0.39, 0.29) is 23.8 Å². The zero-order chi connectivity index (χ0) is 18.2. The number of ether oxygens (including phenoxy) is 1. The molecule has 1 aliphatic heterocycles. The Bertz CT molecular complexity index is 625. The molecule has 0 aromatic heterocycles. The van der Waals surface area contributed by atoms with Crippen LogP contribution in [0.5, 0.6) is 0 Å². The van der Waals surface area contributed by atoms with Crippen molar-refractivity contribution in [3.8, 4) is 0 Å². The van der Waals surface area contributed by atoms with Gasteiger partial charge in [-0.2, -0.15) is 0 Å². The van der Waals surface area contributed by atoms with Crippen LogP contribution in [-0.2, 0) is 14.3 Å².